The zero-order valence-electron chi connectivity index (χ0n) is 15.2. The van der Waals surface area contributed by atoms with Crippen LogP contribution in [-0.2, 0) is 20.0 Å². The molecule has 0 radical (unpaired) electrons. The van der Waals surface area contributed by atoms with E-state index in [4.69, 9.17) is 5.73 Å². The van der Waals surface area contributed by atoms with E-state index in [-0.39, 0.29) is 0 Å². The van der Waals surface area contributed by atoms with E-state index in [1.165, 1.54) is 10.4 Å². The first-order valence-corrected chi connectivity index (χ1v) is 8.86. The summed E-state index contributed by atoms with van der Waals surface area (Å²) in [7, 11) is 1.77. The molecule has 0 amide bonds. The van der Waals surface area contributed by atoms with Crippen LogP contribution in [0.3, 0.4) is 0 Å². The predicted octanol–water partition coefficient (Wildman–Crippen LogP) is 2.29. The number of imidazole rings is 1. The summed E-state index contributed by atoms with van der Waals surface area (Å²) in [5, 5.41) is 12.4. The number of rotatable bonds is 6. The van der Waals surface area contributed by atoms with Crippen LogP contribution in [-0.4, -0.2) is 36.3 Å². The molecule has 2 N–H and O–H groups in total. The van der Waals surface area contributed by atoms with Gasteiger partial charge in [0, 0.05) is 30.4 Å². The van der Waals surface area contributed by atoms with Gasteiger partial charge in [-0.3, -0.25) is 0 Å². The Kier molecular flexibility index (Phi) is 4.76. The minimum Gasteiger partial charge on any atom is -0.330 e. The summed E-state index contributed by atoms with van der Waals surface area (Å²) < 4.78 is 2.14. The molecule has 27 heavy (non-hydrogen) atoms. The first-order chi connectivity index (χ1) is 13.2. The van der Waals surface area contributed by atoms with E-state index < -0.39 is 0 Å². The van der Waals surface area contributed by atoms with Gasteiger partial charge in [-0.2, -0.15) is 4.80 Å². The van der Waals surface area contributed by atoms with Gasteiger partial charge in [0.25, 0.3) is 0 Å². The highest BCUT2D eigenvalue weighted by molar-refractivity contribution is 5.80. The van der Waals surface area contributed by atoms with Crippen molar-refractivity contribution in [1.29, 1.82) is 0 Å². The van der Waals surface area contributed by atoms with Gasteiger partial charge in [-0.25, -0.2) is 4.98 Å². The number of nitrogens with zero attached hydrogens (tertiary/aromatic N) is 6. The second-order valence-corrected chi connectivity index (χ2v) is 6.40. The zero-order valence-corrected chi connectivity index (χ0v) is 15.2. The third-order valence-corrected chi connectivity index (χ3v) is 4.49. The number of benzene rings is 2. The van der Waals surface area contributed by atoms with Crippen molar-refractivity contribution in [2.24, 2.45) is 12.8 Å². The van der Waals surface area contributed by atoms with E-state index in [2.05, 4.69) is 55.3 Å². The molecule has 2 heterocycles. The third-order valence-electron chi connectivity index (χ3n) is 4.49. The Bertz CT molecular complexity index is 1030. The first kappa shape index (κ1) is 17.1. The van der Waals surface area contributed by atoms with Gasteiger partial charge in [-0.15, -0.1) is 10.2 Å². The van der Waals surface area contributed by atoms with Crippen LogP contribution in [0.5, 0.6) is 0 Å². The van der Waals surface area contributed by atoms with Crippen molar-refractivity contribution in [2.75, 3.05) is 6.54 Å². The molecule has 0 saturated heterocycles. The monoisotopic (exact) mass is 359 g/mol. The lowest BCUT2D eigenvalue weighted by Gasteiger charge is -2.10. The lowest BCUT2D eigenvalue weighted by Crippen LogP contribution is -2.09. The number of hydrogen-bond donors (Lipinski definition) is 1. The van der Waals surface area contributed by atoms with Gasteiger partial charge >= 0.3 is 0 Å². The SMILES string of the molecule is Cn1nnc(-c2ccccc2-c2ccc(Cn3cncc3CCN)cc2)n1. The molecule has 0 bridgehead atoms. The Morgan fingerprint density at radius 2 is 1.78 bits per heavy atom. The van der Waals surface area contributed by atoms with E-state index in [9.17, 15) is 0 Å². The van der Waals surface area contributed by atoms with E-state index in [1.54, 1.807) is 7.05 Å². The average molecular weight is 359 g/mol. The number of tetrazole rings is 1. The predicted molar refractivity (Wildman–Crippen MR) is 104 cm³/mol. The largest absolute Gasteiger partial charge is 0.330 e. The Labute approximate surface area is 157 Å². The molecule has 4 rings (SSSR count). The maximum atomic E-state index is 5.67. The van der Waals surface area contributed by atoms with Crippen LogP contribution in [0.2, 0.25) is 0 Å². The van der Waals surface area contributed by atoms with Gasteiger partial charge in [0.2, 0.25) is 5.82 Å². The van der Waals surface area contributed by atoms with Crippen LogP contribution >= 0.6 is 0 Å². The molecule has 0 unspecified atom stereocenters. The molecule has 0 spiro atoms. The van der Waals surface area contributed by atoms with Crippen LogP contribution in [0.1, 0.15) is 11.3 Å². The van der Waals surface area contributed by atoms with Crippen molar-refractivity contribution in [2.45, 2.75) is 13.0 Å². The van der Waals surface area contributed by atoms with Crippen molar-refractivity contribution in [3.05, 3.63) is 72.3 Å². The van der Waals surface area contributed by atoms with Gasteiger partial charge in [0.15, 0.2) is 0 Å². The molecule has 4 aromatic rings. The Hall–Kier alpha value is -3.32. The maximum absolute atomic E-state index is 5.67. The van der Waals surface area contributed by atoms with Crippen molar-refractivity contribution in [1.82, 2.24) is 29.8 Å². The summed E-state index contributed by atoms with van der Waals surface area (Å²) in [6, 6.07) is 16.6. The first-order valence-electron chi connectivity index (χ1n) is 8.86. The molecule has 7 heteroatoms. The Morgan fingerprint density at radius 3 is 2.48 bits per heavy atom. The lowest BCUT2D eigenvalue weighted by molar-refractivity contribution is 0.630. The van der Waals surface area contributed by atoms with Gasteiger partial charge in [-0.1, -0.05) is 48.5 Å². The second-order valence-electron chi connectivity index (χ2n) is 6.40. The number of hydrogen-bond acceptors (Lipinski definition) is 5. The smallest absolute Gasteiger partial charge is 0.205 e. The third kappa shape index (κ3) is 3.63. The fourth-order valence-electron chi connectivity index (χ4n) is 3.15. The van der Waals surface area contributed by atoms with Crippen molar-refractivity contribution < 1.29 is 0 Å². The number of aryl methyl sites for hydroxylation is 1. The molecule has 2 aromatic heterocycles. The molecule has 0 aliphatic rings. The van der Waals surface area contributed by atoms with Crippen LogP contribution in [0, 0.1) is 0 Å². The molecule has 0 saturated carbocycles. The van der Waals surface area contributed by atoms with Crippen LogP contribution < -0.4 is 5.73 Å². The molecular formula is C20H21N7. The molecule has 0 aliphatic heterocycles. The minimum atomic E-state index is 0.623. The van der Waals surface area contributed by atoms with Gasteiger partial charge in [0.05, 0.1) is 13.4 Å². The van der Waals surface area contributed by atoms with Gasteiger partial charge in [-0.05, 0) is 28.4 Å². The topological polar surface area (TPSA) is 87.4 Å². The molecule has 0 fully saturated rings. The quantitative estimate of drug-likeness (QED) is 0.571. The van der Waals surface area contributed by atoms with E-state index in [0.717, 1.165) is 35.3 Å². The Balaban J connectivity index is 1.61. The van der Waals surface area contributed by atoms with E-state index in [0.29, 0.717) is 12.4 Å². The molecule has 0 aliphatic carbocycles. The standard InChI is InChI=1S/C20H21N7/c1-26-24-20(23-25-26)19-5-3-2-4-18(19)16-8-6-15(7-9-16)13-27-14-22-12-17(27)10-11-21/h2-9,12,14H,10-11,13,21H2,1H3. The summed E-state index contributed by atoms with van der Waals surface area (Å²) in [6.07, 6.45) is 4.57. The minimum absolute atomic E-state index is 0.623. The highest BCUT2D eigenvalue weighted by Gasteiger charge is 2.11. The maximum Gasteiger partial charge on any atom is 0.205 e. The normalized spacial score (nSPS) is 11.0. The Morgan fingerprint density at radius 1 is 1.00 bits per heavy atom. The zero-order chi connectivity index (χ0) is 18.6. The summed E-state index contributed by atoms with van der Waals surface area (Å²) in [4.78, 5) is 5.71. The molecule has 136 valence electrons. The van der Waals surface area contributed by atoms with Crippen LogP contribution in [0.15, 0.2) is 61.1 Å². The molecule has 0 atom stereocenters. The number of aromatic nitrogens is 6. The summed E-state index contributed by atoms with van der Waals surface area (Å²) in [5.41, 5.74) is 11.2. The summed E-state index contributed by atoms with van der Waals surface area (Å²) in [6.45, 7) is 1.40. The van der Waals surface area contributed by atoms with Crippen molar-refractivity contribution >= 4 is 0 Å². The summed E-state index contributed by atoms with van der Waals surface area (Å²) >= 11 is 0. The van der Waals surface area contributed by atoms with Crippen molar-refractivity contribution in [3.8, 4) is 22.5 Å². The van der Waals surface area contributed by atoms with E-state index >= 15 is 0 Å². The highest BCUT2D eigenvalue weighted by Crippen LogP contribution is 2.29. The van der Waals surface area contributed by atoms with E-state index in [1.807, 2.05) is 30.7 Å². The van der Waals surface area contributed by atoms with Gasteiger partial charge in [0.1, 0.15) is 0 Å². The summed E-state index contributed by atoms with van der Waals surface area (Å²) in [5.74, 6) is 0.627. The van der Waals surface area contributed by atoms with Crippen molar-refractivity contribution in [3.63, 3.8) is 0 Å². The molecule has 2 aromatic carbocycles. The fourth-order valence-corrected chi connectivity index (χ4v) is 3.15. The van der Waals surface area contributed by atoms with Crippen LogP contribution in [0.25, 0.3) is 22.5 Å². The molecular weight excluding hydrogens is 338 g/mol. The molecule has 7 nitrogen and oxygen atoms in total. The second kappa shape index (κ2) is 7.51. The average Bonchev–Trinajstić information content (AvgIpc) is 3.32. The fraction of sp³-hybridized carbons (Fsp3) is 0.200. The van der Waals surface area contributed by atoms with Crippen LogP contribution in [0.4, 0.5) is 0 Å². The number of nitrogens with two attached hydrogens (primary N) is 1. The van der Waals surface area contributed by atoms with Gasteiger partial charge < -0.3 is 10.3 Å². The lowest BCUT2D eigenvalue weighted by atomic mass is 9.98. The highest BCUT2D eigenvalue weighted by atomic mass is 15.6.